The number of rotatable bonds is 6. The monoisotopic (exact) mass is 272 g/mol. The largest absolute Gasteiger partial charge is 0.463 e. The van der Waals surface area contributed by atoms with Crippen LogP contribution in [-0.2, 0) is 9.53 Å². The summed E-state index contributed by atoms with van der Waals surface area (Å²) in [5.74, 6) is 1.08. The molecule has 0 aliphatic heterocycles. The van der Waals surface area contributed by atoms with Gasteiger partial charge in [-0.25, -0.2) is 4.79 Å². The maximum absolute atomic E-state index is 11.6. The molecule has 108 valence electrons. The molecule has 0 saturated heterocycles. The summed E-state index contributed by atoms with van der Waals surface area (Å²) in [4.78, 5) is 11.6. The first kappa shape index (κ1) is 14.8. The number of hydrogen-bond acceptors (Lipinski definition) is 2. The SMILES string of the molecule is C=C(CC[C@@H]1CCC[C@H]1c1ccccc1)C(=O)OCC. The average molecular weight is 272 g/mol. The summed E-state index contributed by atoms with van der Waals surface area (Å²) in [6.45, 7) is 6.11. The van der Waals surface area contributed by atoms with Crippen LogP contribution in [0.25, 0.3) is 0 Å². The number of esters is 1. The van der Waals surface area contributed by atoms with Crippen LogP contribution in [0.5, 0.6) is 0 Å². The summed E-state index contributed by atoms with van der Waals surface area (Å²) in [6, 6.07) is 10.7. The van der Waals surface area contributed by atoms with Gasteiger partial charge in [0, 0.05) is 5.57 Å². The van der Waals surface area contributed by atoms with Crippen molar-refractivity contribution in [2.75, 3.05) is 6.61 Å². The van der Waals surface area contributed by atoms with Crippen LogP contribution >= 0.6 is 0 Å². The van der Waals surface area contributed by atoms with Crippen molar-refractivity contribution in [3.8, 4) is 0 Å². The van der Waals surface area contributed by atoms with E-state index in [1.165, 1.54) is 24.8 Å². The van der Waals surface area contributed by atoms with Gasteiger partial charge in [-0.05, 0) is 50.0 Å². The molecule has 2 rings (SSSR count). The van der Waals surface area contributed by atoms with Gasteiger partial charge in [-0.15, -0.1) is 0 Å². The molecule has 1 aliphatic carbocycles. The molecule has 2 atom stereocenters. The van der Waals surface area contributed by atoms with Crippen LogP contribution in [0.15, 0.2) is 42.5 Å². The number of hydrogen-bond donors (Lipinski definition) is 0. The van der Waals surface area contributed by atoms with E-state index in [-0.39, 0.29) is 5.97 Å². The Morgan fingerprint density at radius 1 is 1.30 bits per heavy atom. The Balaban J connectivity index is 1.89. The van der Waals surface area contributed by atoms with Gasteiger partial charge in [-0.3, -0.25) is 0 Å². The number of benzene rings is 1. The summed E-state index contributed by atoms with van der Waals surface area (Å²) in [5, 5.41) is 0. The van der Waals surface area contributed by atoms with Crippen molar-refractivity contribution in [3.05, 3.63) is 48.0 Å². The molecule has 0 spiro atoms. The van der Waals surface area contributed by atoms with Crippen molar-refractivity contribution in [1.29, 1.82) is 0 Å². The molecule has 1 saturated carbocycles. The Bertz CT molecular complexity index is 450. The maximum atomic E-state index is 11.6. The van der Waals surface area contributed by atoms with Crippen LogP contribution < -0.4 is 0 Å². The van der Waals surface area contributed by atoms with E-state index in [0.29, 0.717) is 24.0 Å². The van der Waals surface area contributed by atoms with Gasteiger partial charge in [-0.1, -0.05) is 43.3 Å². The molecule has 20 heavy (non-hydrogen) atoms. The average Bonchev–Trinajstić information content (AvgIpc) is 2.94. The van der Waals surface area contributed by atoms with Crippen molar-refractivity contribution in [2.24, 2.45) is 5.92 Å². The predicted octanol–water partition coefficient (Wildman–Crippen LogP) is 4.47. The lowest BCUT2D eigenvalue weighted by Crippen LogP contribution is -2.10. The second-order valence-electron chi connectivity index (χ2n) is 5.57. The minimum Gasteiger partial charge on any atom is -0.463 e. The minimum atomic E-state index is -0.234. The van der Waals surface area contributed by atoms with Crippen LogP contribution in [-0.4, -0.2) is 12.6 Å². The zero-order chi connectivity index (χ0) is 14.4. The van der Waals surface area contributed by atoms with Crippen LogP contribution in [0.2, 0.25) is 0 Å². The lowest BCUT2D eigenvalue weighted by Gasteiger charge is -2.20. The second-order valence-corrected chi connectivity index (χ2v) is 5.57. The molecule has 0 N–H and O–H groups in total. The summed E-state index contributed by atoms with van der Waals surface area (Å²) in [6.07, 6.45) is 5.61. The summed E-state index contributed by atoms with van der Waals surface area (Å²) >= 11 is 0. The molecule has 1 aliphatic rings. The summed E-state index contributed by atoms with van der Waals surface area (Å²) in [7, 11) is 0. The third kappa shape index (κ3) is 3.72. The van der Waals surface area contributed by atoms with Gasteiger partial charge in [0.15, 0.2) is 0 Å². The topological polar surface area (TPSA) is 26.3 Å². The summed E-state index contributed by atoms with van der Waals surface area (Å²) < 4.78 is 4.99. The highest BCUT2D eigenvalue weighted by Gasteiger charge is 2.28. The molecular formula is C18H24O2. The van der Waals surface area contributed by atoms with Gasteiger partial charge in [0.1, 0.15) is 0 Å². The third-order valence-electron chi connectivity index (χ3n) is 4.27. The van der Waals surface area contributed by atoms with E-state index in [9.17, 15) is 4.79 Å². The van der Waals surface area contributed by atoms with Gasteiger partial charge < -0.3 is 4.74 Å². The predicted molar refractivity (Wildman–Crippen MR) is 81.5 cm³/mol. The molecule has 2 nitrogen and oxygen atoms in total. The molecule has 1 aromatic rings. The van der Waals surface area contributed by atoms with E-state index in [0.717, 1.165) is 12.8 Å². The molecule has 0 radical (unpaired) electrons. The molecule has 0 bridgehead atoms. The lowest BCUT2D eigenvalue weighted by atomic mass is 9.85. The fraction of sp³-hybridized carbons (Fsp3) is 0.500. The Hall–Kier alpha value is -1.57. The Kier molecular flexibility index (Phi) is 5.40. The number of carbonyl (C=O) groups excluding carboxylic acids is 1. The van der Waals surface area contributed by atoms with Gasteiger partial charge in [0.2, 0.25) is 0 Å². The molecular weight excluding hydrogens is 248 g/mol. The molecule has 0 heterocycles. The van der Waals surface area contributed by atoms with Crippen molar-refractivity contribution in [3.63, 3.8) is 0 Å². The van der Waals surface area contributed by atoms with Crippen LogP contribution in [0.1, 0.15) is 50.5 Å². The highest BCUT2D eigenvalue weighted by Crippen LogP contribution is 2.42. The van der Waals surface area contributed by atoms with Crippen LogP contribution in [0.4, 0.5) is 0 Å². The van der Waals surface area contributed by atoms with Crippen molar-refractivity contribution >= 4 is 5.97 Å². The Labute approximate surface area is 121 Å². The fourth-order valence-corrected chi connectivity index (χ4v) is 3.22. The first-order chi connectivity index (χ1) is 9.72. The normalized spacial score (nSPS) is 21.6. The van der Waals surface area contributed by atoms with Crippen molar-refractivity contribution in [1.82, 2.24) is 0 Å². The highest BCUT2D eigenvalue weighted by molar-refractivity contribution is 5.87. The molecule has 2 heteroatoms. The van der Waals surface area contributed by atoms with Crippen molar-refractivity contribution < 1.29 is 9.53 Å². The minimum absolute atomic E-state index is 0.234. The van der Waals surface area contributed by atoms with E-state index in [1.807, 2.05) is 6.92 Å². The molecule has 0 unspecified atom stereocenters. The van der Waals surface area contributed by atoms with Gasteiger partial charge >= 0.3 is 5.97 Å². The Morgan fingerprint density at radius 3 is 2.75 bits per heavy atom. The zero-order valence-corrected chi connectivity index (χ0v) is 12.3. The van der Waals surface area contributed by atoms with E-state index in [1.54, 1.807) is 0 Å². The first-order valence-corrected chi connectivity index (χ1v) is 7.62. The number of carbonyl (C=O) groups is 1. The zero-order valence-electron chi connectivity index (χ0n) is 12.3. The molecule has 0 aromatic heterocycles. The van der Waals surface area contributed by atoms with Gasteiger partial charge in [0.05, 0.1) is 6.61 Å². The summed E-state index contributed by atoms with van der Waals surface area (Å²) in [5.41, 5.74) is 2.06. The van der Waals surface area contributed by atoms with E-state index in [2.05, 4.69) is 36.9 Å². The molecule has 0 amide bonds. The van der Waals surface area contributed by atoms with Gasteiger partial charge in [-0.2, -0.15) is 0 Å². The fourth-order valence-electron chi connectivity index (χ4n) is 3.22. The highest BCUT2D eigenvalue weighted by atomic mass is 16.5. The smallest absolute Gasteiger partial charge is 0.333 e. The second kappa shape index (κ2) is 7.28. The van der Waals surface area contributed by atoms with Gasteiger partial charge in [0.25, 0.3) is 0 Å². The third-order valence-corrected chi connectivity index (χ3v) is 4.27. The van der Waals surface area contributed by atoms with Crippen LogP contribution in [0, 0.1) is 5.92 Å². The van der Waals surface area contributed by atoms with E-state index < -0.39 is 0 Å². The van der Waals surface area contributed by atoms with Crippen LogP contribution in [0.3, 0.4) is 0 Å². The lowest BCUT2D eigenvalue weighted by molar-refractivity contribution is -0.138. The molecule has 1 aromatic carbocycles. The first-order valence-electron chi connectivity index (χ1n) is 7.62. The standard InChI is InChI=1S/C18H24O2/c1-3-20-18(19)14(2)12-13-16-10-7-11-17(16)15-8-5-4-6-9-15/h4-6,8-9,16-17H,2-3,7,10-13H2,1H3/t16-,17-/m0/s1. The Morgan fingerprint density at radius 2 is 2.05 bits per heavy atom. The van der Waals surface area contributed by atoms with E-state index >= 15 is 0 Å². The van der Waals surface area contributed by atoms with E-state index in [4.69, 9.17) is 4.74 Å². The number of ether oxygens (including phenoxy) is 1. The quantitative estimate of drug-likeness (QED) is 0.564. The van der Waals surface area contributed by atoms with Crippen molar-refractivity contribution in [2.45, 2.75) is 44.9 Å². The maximum Gasteiger partial charge on any atom is 0.333 e. The molecule has 1 fully saturated rings.